The molecule has 2 atom stereocenters. The van der Waals surface area contributed by atoms with Crippen molar-refractivity contribution in [2.24, 2.45) is 0 Å². The number of nitrogens with zero attached hydrogens (tertiary/aromatic N) is 4. The highest BCUT2D eigenvalue weighted by molar-refractivity contribution is 7.80. The van der Waals surface area contributed by atoms with Crippen LogP contribution in [0.2, 0.25) is 0 Å². The summed E-state index contributed by atoms with van der Waals surface area (Å²) >= 11 is 6.53. The lowest BCUT2D eigenvalue weighted by Crippen LogP contribution is -2.51. The van der Waals surface area contributed by atoms with E-state index in [9.17, 15) is 9.59 Å². The molecule has 4 aromatic rings. The number of fused-ring (bicyclic) bond motifs is 2. The van der Waals surface area contributed by atoms with Gasteiger partial charge in [-0.2, -0.15) is 12.6 Å². The number of thiol groups is 1. The Morgan fingerprint density at radius 1 is 1.10 bits per heavy atom. The summed E-state index contributed by atoms with van der Waals surface area (Å²) in [5.41, 5.74) is 8.38. The molecular weight excluding hydrogens is 551 g/mol. The molecule has 5 heterocycles. The lowest BCUT2D eigenvalue weighted by atomic mass is 9.97. The zero-order chi connectivity index (χ0) is 28.1. The van der Waals surface area contributed by atoms with Crippen LogP contribution in [0.4, 0.5) is 0 Å². The zero-order valence-corrected chi connectivity index (χ0v) is 24.5. The average Bonchev–Trinajstić information content (AvgIpc) is 3.54. The molecule has 1 N–H and O–H groups in total. The Bertz CT molecular complexity index is 1700. The van der Waals surface area contributed by atoms with Crippen LogP contribution < -0.4 is 5.32 Å². The number of piperidine rings is 1. The number of hydrogen-bond acceptors (Lipinski definition) is 8. The van der Waals surface area contributed by atoms with Crippen molar-refractivity contribution < 1.29 is 9.59 Å². The number of rotatable bonds is 5. The molecule has 7 rings (SSSR count). The van der Waals surface area contributed by atoms with Crippen molar-refractivity contribution in [2.45, 2.75) is 50.7 Å². The molecule has 7 nitrogen and oxygen atoms in total. The first-order valence-electron chi connectivity index (χ1n) is 14.1. The molecule has 208 valence electrons. The maximum atomic E-state index is 12.5. The van der Waals surface area contributed by atoms with Gasteiger partial charge in [-0.25, -0.2) is 9.97 Å². The van der Waals surface area contributed by atoms with E-state index in [1.54, 1.807) is 11.3 Å². The summed E-state index contributed by atoms with van der Waals surface area (Å²) in [6.45, 7) is 5.32. The largest absolute Gasteiger partial charge is 0.295 e. The number of aryl methyl sites for hydroxylation is 1. The SMILES string of the molecule is Cc1nc(C2=CCN(Cc3ccc4c(c3)CN(C3CCC(=O)NC3=O)C4S)CC2)c2c(-c3ccccc3)csc2n1. The number of imide groups is 1. The van der Waals surface area contributed by atoms with E-state index in [1.807, 2.05) is 13.0 Å². The van der Waals surface area contributed by atoms with E-state index in [1.165, 1.54) is 27.8 Å². The normalized spacial score (nSPS) is 21.7. The number of benzene rings is 2. The summed E-state index contributed by atoms with van der Waals surface area (Å²) in [7, 11) is 0. The Labute approximate surface area is 248 Å². The van der Waals surface area contributed by atoms with E-state index in [4.69, 9.17) is 22.6 Å². The van der Waals surface area contributed by atoms with Crippen LogP contribution in [0.25, 0.3) is 26.9 Å². The third kappa shape index (κ3) is 5.01. The fourth-order valence-electron chi connectivity index (χ4n) is 6.33. The maximum Gasteiger partial charge on any atom is 0.243 e. The van der Waals surface area contributed by atoms with E-state index >= 15 is 0 Å². The number of nitrogens with one attached hydrogen (secondary N) is 1. The van der Waals surface area contributed by atoms with Gasteiger partial charge in [-0.15, -0.1) is 11.3 Å². The van der Waals surface area contributed by atoms with Gasteiger partial charge in [-0.1, -0.05) is 54.6 Å². The third-order valence-corrected chi connectivity index (χ3v) is 9.84. The first kappa shape index (κ1) is 26.5. The van der Waals surface area contributed by atoms with E-state index in [0.29, 0.717) is 19.4 Å². The van der Waals surface area contributed by atoms with Gasteiger partial charge in [-0.05, 0) is 47.6 Å². The molecule has 0 saturated carbocycles. The molecule has 0 radical (unpaired) electrons. The molecule has 3 aliphatic rings. The molecule has 0 spiro atoms. The van der Waals surface area contributed by atoms with Gasteiger partial charge in [0.25, 0.3) is 0 Å². The van der Waals surface area contributed by atoms with Gasteiger partial charge in [0.15, 0.2) is 0 Å². The minimum absolute atomic E-state index is 0.144. The molecule has 41 heavy (non-hydrogen) atoms. The predicted molar refractivity (Wildman–Crippen MR) is 165 cm³/mol. The molecule has 0 bridgehead atoms. The van der Waals surface area contributed by atoms with Crippen LogP contribution in [0.3, 0.4) is 0 Å². The van der Waals surface area contributed by atoms with Crippen molar-refractivity contribution >= 4 is 51.6 Å². The number of carbonyl (C=O) groups is 2. The predicted octanol–water partition coefficient (Wildman–Crippen LogP) is 5.51. The van der Waals surface area contributed by atoms with Gasteiger partial charge in [0, 0.05) is 48.9 Å². The van der Waals surface area contributed by atoms with Gasteiger partial charge >= 0.3 is 0 Å². The summed E-state index contributed by atoms with van der Waals surface area (Å²) in [4.78, 5) is 39.4. The van der Waals surface area contributed by atoms with Crippen LogP contribution in [-0.2, 0) is 22.7 Å². The van der Waals surface area contributed by atoms with E-state index in [0.717, 1.165) is 53.4 Å². The smallest absolute Gasteiger partial charge is 0.243 e. The van der Waals surface area contributed by atoms with Crippen molar-refractivity contribution in [3.05, 3.63) is 88.2 Å². The Morgan fingerprint density at radius 3 is 2.73 bits per heavy atom. The Hall–Kier alpha value is -3.37. The monoisotopic (exact) mass is 581 g/mol. The minimum atomic E-state index is -0.320. The molecule has 3 aliphatic heterocycles. The highest BCUT2D eigenvalue weighted by atomic mass is 32.1. The van der Waals surface area contributed by atoms with E-state index in [-0.39, 0.29) is 23.2 Å². The average molecular weight is 582 g/mol. The molecule has 1 fully saturated rings. The van der Waals surface area contributed by atoms with Gasteiger partial charge in [-0.3, -0.25) is 24.7 Å². The van der Waals surface area contributed by atoms with Gasteiger partial charge in [0.2, 0.25) is 11.8 Å². The van der Waals surface area contributed by atoms with Crippen molar-refractivity contribution in [3.8, 4) is 11.1 Å². The summed E-state index contributed by atoms with van der Waals surface area (Å²) < 4.78 is 0. The van der Waals surface area contributed by atoms with Crippen molar-refractivity contribution in [1.82, 2.24) is 25.1 Å². The topological polar surface area (TPSA) is 78.4 Å². The summed E-state index contributed by atoms with van der Waals surface area (Å²) in [6, 6.07) is 16.8. The van der Waals surface area contributed by atoms with Gasteiger partial charge in [0.05, 0.1) is 17.1 Å². The zero-order valence-electron chi connectivity index (χ0n) is 22.8. The van der Waals surface area contributed by atoms with Crippen LogP contribution in [0.1, 0.15) is 52.8 Å². The van der Waals surface area contributed by atoms with E-state index in [2.05, 4.69) is 69.0 Å². The van der Waals surface area contributed by atoms with Crippen LogP contribution in [0, 0.1) is 6.92 Å². The van der Waals surface area contributed by atoms with Crippen LogP contribution in [-0.4, -0.2) is 50.7 Å². The van der Waals surface area contributed by atoms with Crippen molar-refractivity contribution in [1.29, 1.82) is 0 Å². The van der Waals surface area contributed by atoms with Crippen LogP contribution in [0.15, 0.2) is 60.0 Å². The third-order valence-electron chi connectivity index (χ3n) is 8.40. The summed E-state index contributed by atoms with van der Waals surface area (Å²) in [6.07, 6.45) is 4.18. The van der Waals surface area contributed by atoms with Crippen molar-refractivity contribution in [2.75, 3.05) is 13.1 Å². The fraction of sp³-hybridized carbons (Fsp3) is 0.312. The first-order valence-corrected chi connectivity index (χ1v) is 15.5. The number of aromatic nitrogens is 2. The second-order valence-electron chi connectivity index (χ2n) is 11.1. The lowest BCUT2D eigenvalue weighted by molar-refractivity contribution is -0.137. The standard InChI is InChI=1S/C32H31N5O2S2/c1-19-33-29(28-25(18-41-31(28)34-19)21-5-3-2-4-6-21)22-11-13-36(14-12-22)16-20-7-8-24-23(15-20)17-37(32(24)40)26-9-10-27(38)35-30(26)39/h2-8,11,15,18,26,32,40H,9-10,12-14,16-17H2,1H3,(H,35,38,39). The molecule has 1 saturated heterocycles. The maximum absolute atomic E-state index is 12.5. The molecular formula is C32H31N5O2S2. The number of thiophene rings is 1. The molecule has 2 unspecified atom stereocenters. The molecule has 9 heteroatoms. The second kappa shape index (κ2) is 10.8. The Morgan fingerprint density at radius 2 is 1.95 bits per heavy atom. The Kier molecular flexibility index (Phi) is 6.98. The first-order chi connectivity index (χ1) is 19.9. The van der Waals surface area contributed by atoms with Crippen LogP contribution in [0.5, 0.6) is 0 Å². The number of amides is 2. The summed E-state index contributed by atoms with van der Waals surface area (Å²) in [5.74, 6) is 0.411. The molecule has 2 aromatic carbocycles. The molecule has 0 aliphatic carbocycles. The van der Waals surface area contributed by atoms with Gasteiger partial charge in [0.1, 0.15) is 10.7 Å². The van der Waals surface area contributed by atoms with E-state index < -0.39 is 0 Å². The summed E-state index contributed by atoms with van der Waals surface area (Å²) in [5, 5.41) is 5.71. The second-order valence-corrected chi connectivity index (χ2v) is 12.4. The Balaban J connectivity index is 1.08. The van der Waals surface area contributed by atoms with Gasteiger partial charge < -0.3 is 0 Å². The molecule has 2 aromatic heterocycles. The van der Waals surface area contributed by atoms with Crippen LogP contribution >= 0.6 is 24.0 Å². The minimum Gasteiger partial charge on any atom is -0.295 e. The number of hydrogen-bond donors (Lipinski definition) is 2. The lowest BCUT2D eigenvalue weighted by Gasteiger charge is -2.32. The number of carbonyl (C=O) groups excluding carboxylic acids is 2. The fourth-order valence-corrected chi connectivity index (χ4v) is 7.81. The quantitative estimate of drug-likeness (QED) is 0.239. The molecule has 2 amide bonds. The van der Waals surface area contributed by atoms with Crippen molar-refractivity contribution in [3.63, 3.8) is 0 Å². The highest BCUT2D eigenvalue weighted by Gasteiger charge is 2.39. The highest BCUT2D eigenvalue weighted by Crippen LogP contribution is 2.41.